The van der Waals surface area contributed by atoms with Crippen molar-refractivity contribution in [2.75, 3.05) is 11.9 Å². The first-order valence-corrected chi connectivity index (χ1v) is 9.20. The van der Waals surface area contributed by atoms with Gasteiger partial charge in [-0.15, -0.1) is 0 Å². The fraction of sp³-hybridized carbons (Fsp3) is 0.526. The van der Waals surface area contributed by atoms with Crippen LogP contribution in [0.5, 0.6) is 0 Å². The van der Waals surface area contributed by atoms with E-state index in [9.17, 15) is 14.4 Å². The number of hydrogen-bond donors (Lipinski definition) is 4. The molecule has 1 aliphatic rings. The van der Waals surface area contributed by atoms with Crippen molar-refractivity contribution in [1.29, 1.82) is 0 Å². The van der Waals surface area contributed by atoms with Gasteiger partial charge >= 0.3 is 6.03 Å². The summed E-state index contributed by atoms with van der Waals surface area (Å²) in [4.78, 5) is 34.6. The van der Waals surface area contributed by atoms with Crippen LogP contribution in [-0.2, 0) is 16.1 Å². The first kappa shape index (κ1) is 19.8. The van der Waals surface area contributed by atoms with E-state index in [1.54, 1.807) is 12.1 Å². The lowest BCUT2D eigenvalue weighted by Gasteiger charge is -2.22. The normalized spacial score (nSPS) is 14.3. The minimum atomic E-state index is -0.196. The van der Waals surface area contributed by atoms with Crippen LogP contribution in [0.1, 0.15) is 51.0 Å². The van der Waals surface area contributed by atoms with Crippen LogP contribution in [0.4, 0.5) is 10.5 Å². The van der Waals surface area contributed by atoms with E-state index in [-0.39, 0.29) is 30.3 Å². The van der Waals surface area contributed by atoms with Gasteiger partial charge in [0.15, 0.2) is 0 Å². The zero-order valence-corrected chi connectivity index (χ0v) is 15.3. The number of urea groups is 1. The molecule has 26 heavy (non-hydrogen) atoms. The van der Waals surface area contributed by atoms with Gasteiger partial charge in [-0.25, -0.2) is 4.79 Å². The van der Waals surface area contributed by atoms with Gasteiger partial charge in [0.2, 0.25) is 11.8 Å². The van der Waals surface area contributed by atoms with Crippen LogP contribution >= 0.6 is 0 Å². The Kier molecular flexibility index (Phi) is 7.92. The summed E-state index contributed by atoms with van der Waals surface area (Å²) in [6.07, 6.45) is 5.89. The molecule has 0 aromatic heterocycles. The summed E-state index contributed by atoms with van der Waals surface area (Å²) >= 11 is 0. The van der Waals surface area contributed by atoms with Crippen molar-refractivity contribution in [2.24, 2.45) is 0 Å². The number of rotatable bonds is 7. The molecule has 0 aliphatic heterocycles. The fourth-order valence-electron chi connectivity index (χ4n) is 2.97. The molecule has 1 aromatic rings. The van der Waals surface area contributed by atoms with Crippen LogP contribution in [0.2, 0.25) is 0 Å². The number of hydrogen-bond acceptors (Lipinski definition) is 3. The van der Waals surface area contributed by atoms with Crippen LogP contribution in [0.3, 0.4) is 0 Å². The molecule has 0 radical (unpaired) electrons. The van der Waals surface area contributed by atoms with Crippen molar-refractivity contribution in [2.45, 2.75) is 58.0 Å². The molecule has 0 saturated heterocycles. The summed E-state index contributed by atoms with van der Waals surface area (Å²) in [6, 6.07) is 7.35. The van der Waals surface area contributed by atoms with Gasteiger partial charge in [-0.2, -0.15) is 0 Å². The van der Waals surface area contributed by atoms with Crippen molar-refractivity contribution < 1.29 is 14.4 Å². The summed E-state index contributed by atoms with van der Waals surface area (Å²) in [5, 5.41) is 11.2. The number of nitrogens with one attached hydrogen (secondary N) is 4. The van der Waals surface area contributed by atoms with Crippen molar-refractivity contribution in [3.8, 4) is 0 Å². The molecule has 142 valence electrons. The molecule has 7 nitrogen and oxygen atoms in total. The van der Waals surface area contributed by atoms with Gasteiger partial charge in [0.1, 0.15) is 0 Å². The topological polar surface area (TPSA) is 99.3 Å². The minimum Gasteiger partial charge on any atom is -0.352 e. The molecule has 4 amide bonds. The van der Waals surface area contributed by atoms with Crippen molar-refractivity contribution >= 4 is 23.5 Å². The summed E-state index contributed by atoms with van der Waals surface area (Å²) < 4.78 is 0. The highest BCUT2D eigenvalue weighted by molar-refractivity contribution is 5.88. The van der Waals surface area contributed by atoms with E-state index in [4.69, 9.17) is 0 Å². The van der Waals surface area contributed by atoms with E-state index in [0.717, 1.165) is 24.1 Å². The van der Waals surface area contributed by atoms with E-state index in [0.29, 0.717) is 13.1 Å². The Labute approximate surface area is 154 Å². The summed E-state index contributed by atoms with van der Waals surface area (Å²) in [6.45, 7) is 2.18. The first-order valence-electron chi connectivity index (χ1n) is 9.20. The Bertz CT molecular complexity index is 610. The minimum absolute atomic E-state index is 0.117. The molecule has 0 heterocycles. The van der Waals surface area contributed by atoms with Gasteiger partial charge in [-0.1, -0.05) is 31.4 Å². The second kappa shape index (κ2) is 10.4. The third-order valence-corrected chi connectivity index (χ3v) is 4.34. The maximum absolute atomic E-state index is 11.9. The summed E-state index contributed by atoms with van der Waals surface area (Å²) in [7, 11) is 0. The zero-order valence-electron chi connectivity index (χ0n) is 15.3. The van der Waals surface area contributed by atoms with Crippen LogP contribution in [-0.4, -0.2) is 30.4 Å². The molecule has 7 heteroatoms. The number of carbonyl (C=O) groups excluding carboxylic acids is 3. The molecular formula is C19H28N4O3. The van der Waals surface area contributed by atoms with E-state index in [2.05, 4.69) is 21.3 Å². The van der Waals surface area contributed by atoms with Gasteiger partial charge in [0.05, 0.1) is 0 Å². The Hall–Kier alpha value is -2.57. The average Bonchev–Trinajstić information content (AvgIpc) is 2.61. The predicted molar refractivity (Wildman–Crippen MR) is 101 cm³/mol. The lowest BCUT2D eigenvalue weighted by molar-refractivity contribution is -0.121. The molecule has 0 spiro atoms. The highest BCUT2D eigenvalue weighted by atomic mass is 16.2. The maximum Gasteiger partial charge on any atom is 0.315 e. The summed E-state index contributed by atoms with van der Waals surface area (Å²) in [5.41, 5.74) is 1.66. The number of amides is 4. The molecule has 1 saturated carbocycles. The maximum atomic E-state index is 11.9. The Morgan fingerprint density at radius 1 is 1.00 bits per heavy atom. The quantitative estimate of drug-likeness (QED) is 0.600. The second-order valence-electron chi connectivity index (χ2n) is 6.64. The molecule has 1 aromatic carbocycles. The predicted octanol–water partition coefficient (Wildman–Crippen LogP) is 2.28. The zero-order chi connectivity index (χ0) is 18.8. The van der Waals surface area contributed by atoms with Crippen LogP contribution < -0.4 is 21.3 Å². The Balaban J connectivity index is 1.59. The van der Waals surface area contributed by atoms with Crippen LogP contribution in [0, 0.1) is 0 Å². The monoisotopic (exact) mass is 360 g/mol. The molecule has 0 bridgehead atoms. The second-order valence-corrected chi connectivity index (χ2v) is 6.64. The van der Waals surface area contributed by atoms with E-state index >= 15 is 0 Å². The van der Waals surface area contributed by atoms with E-state index in [1.165, 1.54) is 26.2 Å². The summed E-state index contributed by atoms with van der Waals surface area (Å²) in [5.74, 6) is -0.236. The van der Waals surface area contributed by atoms with Gasteiger partial charge in [0, 0.05) is 38.2 Å². The molecule has 1 aliphatic carbocycles. The van der Waals surface area contributed by atoms with Crippen molar-refractivity contribution in [1.82, 2.24) is 16.0 Å². The molecule has 2 rings (SSSR count). The SMILES string of the molecule is CC(=O)Nc1ccc(CNC(=O)CCNC(=O)NC2CCCCC2)cc1. The van der Waals surface area contributed by atoms with E-state index < -0.39 is 0 Å². The van der Waals surface area contributed by atoms with Crippen molar-refractivity contribution in [3.05, 3.63) is 29.8 Å². The Morgan fingerprint density at radius 3 is 2.35 bits per heavy atom. The van der Waals surface area contributed by atoms with Gasteiger partial charge in [0.25, 0.3) is 0 Å². The number of benzene rings is 1. The van der Waals surface area contributed by atoms with Crippen molar-refractivity contribution in [3.63, 3.8) is 0 Å². The standard InChI is InChI=1S/C19H28N4O3/c1-14(24)22-17-9-7-15(8-10-17)13-21-18(25)11-12-20-19(26)23-16-5-3-2-4-6-16/h7-10,16H,2-6,11-13H2,1H3,(H,21,25)(H,22,24)(H2,20,23,26). The third kappa shape index (κ3) is 7.55. The first-order chi connectivity index (χ1) is 12.5. The highest BCUT2D eigenvalue weighted by Gasteiger charge is 2.15. The largest absolute Gasteiger partial charge is 0.352 e. The van der Waals surface area contributed by atoms with Crippen LogP contribution in [0.15, 0.2) is 24.3 Å². The molecule has 0 atom stereocenters. The van der Waals surface area contributed by atoms with Gasteiger partial charge in [-0.05, 0) is 30.5 Å². The fourth-order valence-corrected chi connectivity index (χ4v) is 2.97. The molecule has 1 fully saturated rings. The number of carbonyl (C=O) groups is 3. The lowest BCUT2D eigenvalue weighted by atomic mass is 9.96. The average molecular weight is 360 g/mol. The smallest absolute Gasteiger partial charge is 0.315 e. The number of anilines is 1. The van der Waals surface area contributed by atoms with Gasteiger partial charge in [-0.3, -0.25) is 9.59 Å². The van der Waals surface area contributed by atoms with E-state index in [1.807, 2.05) is 12.1 Å². The molecular weight excluding hydrogens is 332 g/mol. The molecule has 0 unspecified atom stereocenters. The molecule has 4 N–H and O–H groups in total. The Morgan fingerprint density at radius 2 is 1.69 bits per heavy atom. The third-order valence-electron chi connectivity index (χ3n) is 4.34. The van der Waals surface area contributed by atoms with Crippen LogP contribution in [0.25, 0.3) is 0 Å². The van der Waals surface area contributed by atoms with Gasteiger partial charge < -0.3 is 21.3 Å². The lowest BCUT2D eigenvalue weighted by Crippen LogP contribution is -2.43. The highest BCUT2D eigenvalue weighted by Crippen LogP contribution is 2.17.